The Hall–Kier alpha value is -1.72. The Morgan fingerprint density at radius 3 is 2.67 bits per heavy atom. The number of halogens is 2. The molecule has 0 aliphatic heterocycles. The van der Waals surface area contributed by atoms with Crippen molar-refractivity contribution in [3.63, 3.8) is 0 Å². The maximum atomic E-state index is 12.5. The van der Waals surface area contributed by atoms with Gasteiger partial charge in [-0.25, -0.2) is 8.78 Å². The molecule has 0 saturated carbocycles. The summed E-state index contributed by atoms with van der Waals surface area (Å²) >= 11 is 0. The van der Waals surface area contributed by atoms with Crippen LogP contribution in [0.4, 0.5) is 8.78 Å². The lowest BCUT2D eigenvalue weighted by Crippen LogP contribution is -2.05. The molecular weight excluding hydrogens is 208 g/mol. The molecule has 0 unspecified atom stereocenters. The van der Waals surface area contributed by atoms with Crippen molar-refractivity contribution in [2.75, 3.05) is 0 Å². The number of hydrogen-bond acceptors (Lipinski definition) is 3. The number of carbonyl (C=O) groups is 1. The van der Waals surface area contributed by atoms with Crippen LogP contribution in [0.5, 0.6) is 5.75 Å². The van der Waals surface area contributed by atoms with Gasteiger partial charge >= 0.3 is 5.97 Å². The number of carboxylic acid groups (broad SMARTS) is 1. The van der Waals surface area contributed by atoms with Crippen LogP contribution >= 0.6 is 0 Å². The van der Waals surface area contributed by atoms with Crippen molar-refractivity contribution in [1.29, 1.82) is 0 Å². The van der Waals surface area contributed by atoms with Crippen LogP contribution in [-0.4, -0.2) is 21.2 Å². The Bertz CT molecular complexity index is 393. The molecule has 1 aromatic heterocycles. The van der Waals surface area contributed by atoms with Crippen LogP contribution in [0.1, 0.15) is 23.2 Å². The smallest absolute Gasteiger partial charge is 0.309 e. The number of alkyl halides is 2. The maximum Gasteiger partial charge on any atom is 0.309 e. The first-order valence-electron chi connectivity index (χ1n) is 4.10. The molecule has 4 nitrogen and oxygen atoms in total. The van der Waals surface area contributed by atoms with Crippen molar-refractivity contribution in [3.8, 4) is 5.75 Å². The third-order valence-corrected chi connectivity index (χ3v) is 1.90. The van der Waals surface area contributed by atoms with E-state index in [1.54, 1.807) is 0 Å². The Morgan fingerprint density at radius 2 is 2.20 bits per heavy atom. The molecule has 0 amide bonds. The standard InChI is InChI=1S/C9H9F2NO3/c1-4-3-12-5(2-6(13)14)8(15)7(4)9(10)11/h3,9,15H,2H2,1H3,(H,13,14). The summed E-state index contributed by atoms with van der Waals surface area (Å²) in [5.41, 5.74) is -0.665. The van der Waals surface area contributed by atoms with Crippen molar-refractivity contribution in [1.82, 2.24) is 4.98 Å². The Labute approximate surface area is 84.2 Å². The van der Waals surface area contributed by atoms with Gasteiger partial charge in [0.25, 0.3) is 6.43 Å². The number of carboxylic acids is 1. The van der Waals surface area contributed by atoms with Crippen LogP contribution < -0.4 is 0 Å². The van der Waals surface area contributed by atoms with Crippen LogP contribution in [0.15, 0.2) is 6.20 Å². The fraction of sp³-hybridized carbons (Fsp3) is 0.333. The summed E-state index contributed by atoms with van der Waals surface area (Å²) in [7, 11) is 0. The SMILES string of the molecule is Cc1cnc(CC(=O)O)c(O)c1C(F)F. The van der Waals surface area contributed by atoms with E-state index in [1.165, 1.54) is 6.92 Å². The largest absolute Gasteiger partial charge is 0.506 e. The van der Waals surface area contributed by atoms with Crippen molar-refractivity contribution < 1.29 is 23.8 Å². The number of aromatic hydroxyl groups is 1. The van der Waals surface area contributed by atoms with Gasteiger partial charge in [0, 0.05) is 6.20 Å². The highest BCUT2D eigenvalue weighted by atomic mass is 19.3. The van der Waals surface area contributed by atoms with Gasteiger partial charge in [0.2, 0.25) is 0 Å². The zero-order valence-electron chi connectivity index (χ0n) is 7.87. The minimum Gasteiger partial charge on any atom is -0.506 e. The van der Waals surface area contributed by atoms with Gasteiger partial charge in [-0.3, -0.25) is 9.78 Å². The van der Waals surface area contributed by atoms with Gasteiger partial charge in [0.1, 0.15) is 5.75 Å². The number of rotatable bonds is 3. The average molecular weight is 217 g/mol. The van der Waals surface area contributed by atoms with Crippen molar-refractivity contribution >= 4 is 5.97 Å². The number of pyridine rings is 1. The highest BCUT2D eigenvalue weighted by molar-refractivity contribution is 5.70. The minimum absolute atomic E-state index is 0.136. The molecule has 0 aliphatic carbocycles. The number of nitrogens with zero attached hydrogens (tertiary/aromatic N) is 1. The second kappa shape index (κ2) is 4.20. The lowest BCUT2D eigenvalue weighted by molar-refractivity contribution is -0.136. The van der Waals surface area contributed by atoms with Gasteiger partial charge in [-0.05, 0) is 12.5 Å². The van der Waals surface area contributed by atoms with Crippen LogP contribution in [0.2, 0.25) is 0 Å². The third-order valence-electron chi connectivity index (χ3n) is 1.90. The van der Waals surface area contributed by atoms with Crippen LogP contribution in [0.25, 0.3) is 0 Å². The summed E-state index contributed by atoms with van der Waals surface area (Å²) in [5.74, 6) is -1.96. The average Bonchev–Trinajstić information content (AvgIpc) is 2.09. The highest BCUT2D eigenvalue weighted by Gasteiger charge is 2.20. The first-order valence-corrected chi connectivity index (χ1v) is 4.10. The highest BCUT2D eigenvalue weighted by Crippen LogP contribution is 2.32. The van der Waals surface area contributed by atoms with E-state index >= 15 is 0 Å². The van der Waals surface area contributed by atoms with Gasteiger partial charge in [-0.2, -0.15) is 0 Å². The first-order chi connectivity index (χ1) is 6.93. The number of aromatic nitrogens is 1. The first kappa shape index (κ1) is 11.4. The zero-order valence-corrected chi connectivity index (χ0v) is 7.87. The molecular formula is C9H9F2NO3. The monoisotopic (exact) mass is 217 g/mol. The topological polar surface area (TPSA) is 70.4 Å². The van der Waals surface area contributed by atoms with Gasteiger partial charge < -0.3 is 10.2 Å². The molecule has 82 valence electrons. The maximum absolute atomic E-state index is 12.5. The molecule has 2 N–H and O–H groups in total. The molecule has 0 aromatic carbocycles. The minimum atomic E-state index is -2.85. The van der Waals surface area contributed by atoms with E-state index in [4.69, 9.17) is 5.11 Å². The van der Waals surface area contributed by atoms with Crippen LogP contribution in [-0.2, 0) is 11.2 Å². The predicted molar refractivity (Wildman–Crippen MR) is 46.9 cm³/mol. The molecule has 0 fully saturated rings. The zero-order chi connectivity index (χ0) is 11.6. The van der Waals surface area contributed by atoms with Crippen LogP contribution in [0, 0.1) is 6.92 Å². The summed E-state index contributed by atoms with van der Waals surface area (Å²) in [6.45, 7) is 1.37. The second-order valence-electron chi connectivity index (χ2n) is 3.02. The van der Waals surface area contributed by atoms with Crippen molar-refractivity contribution in [2.24, 2.45) is 0 Å². The quantitative estimate of drug-likeness (QED) is 0.807. The molecule has 1 rings (SSSR count). The van der Waals surface area contributed by atoms with Crippen molar-refractivity contribution in [2.45, 2.75) is 19.8 Å². The molecule has 0 atom stereocenters. The van der Waals surface area contributed by atoms with E-state index in [0.717, 1.165) is 6.20 Å². The number of hydrogen-bond donors (Lipinski definition) is 2. The van der Waals surface area contributed by atoms with Gasteiger partial charge in [0.05, 0.1) is 17.7 Å². The fourth-order valence-electron chi connectivity index (χ4n) is 1.20. The molecule has 0 spiro atoms. The number of aliphatic carboxylic acids is 1. The van der Waals surface area contributed by atoms with E-state index in [1.807, 2.05) is 0 Å². The van der Waals surface area contributed by atoms with E-state index in [2.05, 4.69) is 4.98 Å². The fourth-order valence-corrected chi connectivity index (χ4v) is 1.20. The summed E-state index contributed by atoms with van der Waals surface area (Å²) in [6.07, 6.45) is -2.30. The van der Waals surface area contributed by atoms with E-state index < -0.39 is 30.1 Å². The summed E-state index contributed by atoms with van der Waals surface area (Å²) in [4.78, 5) is 13.9. The van der Waals surface area contributed by atoms with Gasteiger partial charge in [-0.1, -0.05) is 0 Å². The summed E-state index contributed by atoms with van der Waals surface area (Å²) in [5, 5.41) is 17.8. The normalized spacial score (nSPS) is 10.7. The van der Waals surface area contributed by atoms with Crippen LogP contribution in [0.3, 0.4) is 0 Å². The Morgan fingerprint density at radius 1 is 1.60 bits per heavy atom. The predicted octanol–water partition coefficient (Wildman–Crippen LogP) is 1.66. The van der Waals surface area contributed by atoms with E-state index in [9.17, 15) is 18.7 Å². The molecule has 1 heterocycles. The Balaban J connectivity index is 3.22. The molecule has 6 heteroatoms. The molecule has 0 radical (unpaired) electrons. The molecule has 0 saturated heterocycles. The van der Waals surface area contributed by atoms with E-state index in [0.29, 0.717) is 0 Å². The van der Waals surface area contributed by atoms with E-state index in [-0.39, 0.29) is 11.3 Å². The summed E-state index contributed by atoms with van der Waals surface area (Å²) < 4.78 is 24.9. The molecule has 1 aromatic rings. The lowest BCUT2D eigenvalue weighted by atomic mass is 10.1. The third kappa shape index (κ3) is 2.39. The van der Waals surface area contributed by atoms with Gasteiger partial charge in [0.15, 0.2) is 0 Å². The van der Waals surface area contributed by atoms with Crippen molar-refractivity contribution in [3.05, 3.63) is 23.0 Å². The molecule has 0 bridgehead atoms. The lowest BCUT2D eigenvalue weighted by Gasteiger charge is -2.09. The molecule has 0 aliphatic rings. The van der Waals surface area contributed by atoms with Gasteiger partial charge in [-0.15, -0.1) is 0 Å². The molecule has 15 heavy (non-hydrogen) atoms. The second-order valence-corrected chi connectivity index (χ2v) is 3.02. The summed E-state index contributed by atoms with van der Waals surface area (Å²) in [6, 6.07) is 0. The number of aryl methyl sites for hydroxylation is 1. The Kier molecular flexibility index (Phi) is 3.18.